The summed E-state index contributed by atoms with van der Waals surface area (Å²) in [6.45, 7) is 2.14. The first-order chi connectivity index (χ1) is 14.5. The average molecular weight is 425 g/mol. The highest BCUT2D eigenvalue weighted by molar-refractivity contribution is 7.14. The number of carbonyl (C=O) groups is 3. The number of furan rings is 1. The van der Waals surface area contributed by atoms with Crippen molar-refractivity contribution in [2.45, 2.75) is 25.9 Å². The number of rotatable bonds is 6. The zero-order valence-corrected chi connectivity index (χ0v) is 17.0. The quantitative estimate of drug-likeness (QED) is 0.609. The van der Waals surface area contributed by atoms with Gasteiger partial charge in [0.15, 0.2) is 17.0 Å². The highest BCUT2D eigenvalue weighted by Gasteiger charge is 2.29. The average Bonchev–Trinajstić information content (AvgIpc) is 3.48. The minimum absolute atomic E-state index is 0.0959. The van der Waals surface area contributed by atoms with Crippen LogP contribution in [0.5, 0.6) is 0 Å². The predicted octanol–water partition coefficient (Wildman–Crippen LogP) is 3.05. The van der Waals surface area contributed by atoms with E-state index in [9.17, 15) is 14.4 Å². The van der Waals surface area contributed by atoms with E-state index in [0.717, 1.165) is 17.7 Å². The number of benzene rings is 1. The molecule has 30 heavy (non-hydrogen) atoms. The number of hydrogen-bond acceptors (Lipinski definition) is 7. The first kappa shape index (κ1) is 19.8. The Morgan fingerprint density at radius 2 is 2.10 bits per heavy atom. The smallest absolute Gasteiger partial charge is 0.312 e. The third-order valence-electron chi connectivity index (χ3n) is 4.65. The van der Waals surface area contributed by atoms with Crippen LogP contribution in [0, 0.1) is 0 Å². The lowest BCUT2D eigenvalue weighted by molar-refractivity contribution is -0.153. The molecule has 1 aliphatic rings. The molecule has 0 saturated heterocycles. The van der Waals surface area contributed by atoms with Gasteiger partial charge in [-0.15, -0.1) is 11.3 Å². The Balaban J connectivity index is 1.31. The monoisotopic (exact) mass is 425 g/mol. The summed E-state index contributed by atoms with van der Waals surface area (Å²) in [6, 6.07) is 10.9. The van der Waals surface area contributed by atoms with Gasteiger partial charge >= 0.3 is 5.97 Å². The van der Waals surface area contributed by atoms with Gasteiger partial charge in [0.05, 0.1) is 18.4 Å². The molecule has 0 saturated carbocycles. The van der Waals surface area contributed by atoms with E-state index in [4.69, 9.17) is 9.15 Å². The number of nitrogens with zero attached hydrogens (tertiary/aromatic N) is 2. The molecule has 0 unspecified atom stereocenters. The minimum atomic E-state index is -0.902. The van der Waals surface area contributed by atoms with Gasteiger partial charge in [-0.05, 0) is 37.1 Å². The lowest BCUT2D eigenvalue weighted by Crippen LogP contribution is -2.39. The van der Waals surface area contributed by atoms with Gasteiger partial charge in [-0.25, -0.2) is 4.98 Å². The second-order valence-electron chi connectivity index (χ2n) is 6.75. The van der Waals surface area contributed by atoms with Gasteiger partial charge in [0.25, 0.3) is 11.8 Å². The van der Waals surface area contributed by atoms with Gasteiger partial charge in [-0.2, -0.15) is 0 Å². The van der Waals surface area contributed by atoms with Gasteiger partial charge in [0.2, 0.25) is 0 Å². The molecule has 1 N–H and O–H groups in total. The normalized spacial score (nSPS) is 13.6. The third-order valence-corrected chi connectivity index (χ3v) is 5.46. The Kier molecular flexibility index (Phi) is 5.62. The van der Waals surface area contributed by atoms with Crippen LogP contribution in [-0.2, 0) is 27.2 Å². The Bertz CT molecular complexity index is 1080. The number of esters is 1. The fourth-order valence-corrected chi connectivity index (χ4v) is 3.94. The molecule has 3 aromatic rings. The molecule has 2 aromatic heterocycles. The van der Waals surface area contributed by atoms with Crippen molar-refractivity contribution in [1.29, 1.82) is 0 Å². The number of aromatic nitrogens is 1. The number of para-hydroxylation sites is 1. The van der Waals surface area contributed by atoms with Crippen LogP contribution in [0.15, 0.2) is 52.5 Å². The first-order valence-electron chi connectivity index (χ1n) is 9.39. The summed E-state index contributed by atoms with van der Waals surface area (Å²) in [6.07, 6.45) is 1.19. The molecule has 0 radical (unpaired) electrons. The molecule has 1 aliphatic heterocycles. The number of carbonyl (C=O) groups excluding carboxylic acids is 3. The van der Waals surface area contributed by atoms with Crippen molar-refractivity contribution >= 4 is 39.9 Å². The molecule has 3 heterocycles. The van der Waals surface area contributed by atoms with Crippen LogP contribution in [-0.4, -0.2) is 35.4 Å². The van der Waals surface area contributed by atoms with Crippen LogP contribution >= 0.6 is 11.3 Å². The van der Waals surface area contributed by atoms with E-state index in [0.29, 0.717) is 17.4 Å². The topological polar surface area (TPSA) is 102 Å². The Morgan fingerprint density at radius 3 is 2.90 bits per heavy atom. The van der Waals surface area contributed by atoms with Crippen molar-refractivity contribution in [2.75, 3.05) is 16.8 Å². The SMILES string of the molecule is C[C@@H](OC(=O)Cc1csc(NC(=O)c2ccco2)n1)C(=O)N1CCc2ccccc21. The van der Waals surface area contributed by atoms with E-state index in [1.165, 1.54) is 17.6 Å². The van der Waals surface area contributed by atoms with E-state index in [1.54, 1.807) is 29.3 Å². The summed E-state index contributed by atoms with van der Waals surface area (Å²) in [7, 11) is 0. The van der Waals surface area contributed by atoms with E-state index < -0.39 is 18.0 Å². The maximum Gasteiger partial charge on any atom is 0.312 e. The largest absolute Gasteiger partial charge is 0.459 e. The molecule has 9 heteroatoms. The molecule has 154 valence electrons. The van der Waals surface area contributed by atoms with Crippen LogP contribution < -0.4 is 10.2 Å². The molecule has 2 amide bonds. The van der Waals surface area contributed by atoms with Crippen LogP contribution in [0.2, 0.25) is 0 Å². The highest BCUT2D eigenvalue weighted by atomic mass is 32.1. The summed E-state index contributed by atoms with van der Waals surface area (Å²) in [5.74, 6) is -1.06. The van der Waals surface area contributed by atoms with Crippen molar-refractivity contribution in [3.8, 4) is 0 Å². The van der Waals surface area contributed by atoms with Crippen molar-refractivity contribution in [2.24, 2.45) is 0 Å². The van der Waals surface area contributed by atoms with Crippen LogP contribution in [0.1, 0.15) is 28.7 Å². The van der Waals surface area contributed by atoms with Gasteiger partial charge in [0.1, 0.15) is 0 Å². The number of hydrogen-bond donors (Lipinski definition) is 1. The molecule has 8 nitrogen and oxygen atoms in total. The Labute approximate surface area is 176 Å². The predicted molar refractivity (Wildman–Crippen MR) is 111 cm³/mol. The van der Waals surface area contributed by atoms with E-state index in [2.05, 4.69) is 10.3 Å². The first-order valence-corrected chi connectivity index (χ1v) is 10.3. The Hall–Kier alpha value is -3.46. The van der Waals surface area contributed by atoms with Crippen molar-refractivity contribution in [1.82, 2.24) is 4.98 Å². The van der Waals surface area contributed by atoms with E-state index in [1.807, 2.05) is 24.3 Å². The Morgan fingerprint density at radius 1 is 1.27 bits per heavy atom. The van der Waals surface area contributed by atoms with Crippen LogP contribution in [0.3, 0.4) is 0 Å². The molecule has 4 rings (SSSR count). The molecule has 1 atom stereocenters. The lowest BCUT2D eigenvalue weighted by atomic mass is 10.2. The molecule has 0 fully saturated rings. The third kappa shape index (κ3) is 4.25. The van der Waals surface area contributed by atoms with Crippen molar-refractivity contribution < 1.29 is 23.5 Å². The number of anilines is 2. The van der Waals surface area contributed by atoms with E-state index in [-0.39, 0.29) is 18.1 Å². The number of fused-ring (bicyclic) bond motifs is 1. The minimum Gasteiger partial charge on any atom is -0.459 e. The maximum atomic E-state index is 12.7. The van der Waals surface area contributed by atoms with Gasteiger partial charge < -0.3 is 14.1 Å². The molecule has 0 bridgehead atoms. The summed E-state index contributed by atoms with van der Waals surface area (Å²) in [5, 5.41) is 4.60. The van der Waals surface area contributed by atoms with Crippen molar-refractivity contribution in [3.63, 3.8) is 0 Å². The van der Waals surface area contributed by atoms with Gasteiger partial charge in [0, 0.05) is 17.6 Å². The highest BCUT2D eigenvalue weighted by Crippen LogP contribution is 2.28. The summed E-state index contributed by atoms with van der Waals surface area (Å²) >= 11 is 1.19. The molecular formula is C21H19N3O5S. The standard InChI is InChI=1S/C21H19N3O5S/c1-13(20(27)24-9-8-14-5-2-3-6-16(14)24)29-18(25)11-15-12-30-21(22-15)23-19(26)17-7-4-10-28-17/h2-7,10,12-13H,8-9,11H2,1H3,(H,22,23,26)/t13-/m1/s1. The van der Waals surface area contributed by atoms with Crippen molar-refractivity contribution in [3.05, 3.63) is 65.1 Å². The van der Waals surface area contributed by atoms with Gasteiger partial charge in [-0.3, -0.25) is 19.7 Å². The summed E-state index contributed by atoms with van der Waals surface area (Å²) < 4.78 is 10.3. The second kappa shape index (κ2) is 8.50. The summed E-state index contributed by atoms with van der Waals surface area (Å²) in [4.78, 5) is 42.8. The number of nitrogens with one attached hydrogen (secondary N) is 1. The van der Waals surface area contributed by atoms with Crippen LogP contribution in [0.25, 0.3) is 0 Å². The lowest BCUT2D eigenvalue weighted by Gasteiger charge is -2.21. The fourth-order valence-electron chi connectivity index (χ4n) is 3.24. The number of amides is 2. The maximum absolute atomic E-state index is 12.7. The second-order valence-corrected chi connectivity index (χ2v) is 7.61. The molecule has 0 spiro atoms. The molecular weight excluding hydrogens is 406 g/mol. The van der Waals surface area contributed by atoms with Crippen LogP contribution in [0.4, 0.5) is 10.8 Å². The van der Waals surface area contributed by atoms with Gasteiger partial charge in [-0.1, -0.05) is 18.2 Å². The fraction of sp³-hybridized carbons (Fsp3) is 0.238. The zero-order chi connectivity index (χ0) is 21.1. The van der Waals surface area contributed by atoms with E-state index >= 15 is 0 Å². The summed E-state index contributed by atoms with van der Waals surface area (Å²) in [5.41, 5.74) is 2.42. The number of ether oxygens (including phenoxy) is 1. The molecule has 0 aliphatic carbocycles. The molecule has 1 aromatic carbocycles. The zero-order valence-electron chi connectivity index (χ0n) is 16.2. The number of thiazole rings is 1.